The van der Waals surface area contributed by atoms with E-state index in [4.69, 9.17) is 10.00 Å². The second kappa shape index (κ2) is 8.67. The SMILES string of the molecule is CC(C)CC(OC(=O)NCc1ccccc1)C(=O)N(C)C#N. The molecule has 118 valence electrons. The molecule has 0 fully saturated rings. The molecule has 0 aliphatic rings. The Morgan fingerprint density at radius 2 is 1.95 bits per heavy atom. The van der Waals surface area contributed by atoms with Gasteiger partial charge in [0.1, 0.15) is 0 Å². The van der Waals surface area contributed by atoms with Crippen LogP contribution in [0.5, 0.6) is 0 Å². The van der Waals surface area contributed by atoms with E-state index in [0.29, 0.717) is 13.0 Å². The number of hydrogen-bond acceptors (Lipinski definition) is 4. The van der Waals surface area contributed by atoms with E-state index in [2.05, 4.69) is 5.32 Å². The maximum Gasteiger partial charge on any atom is 0.408 e. The Hall–Kier alpha value is -2.55. The molecular weight excluding hydrogens is 282 g/mol. The fourth-order valence-corrected chi connectivity index (χ4v) is 1.83. The molecule has 0 saturated heterocycles. The fourth-order valence-electron chi connectivity index (χ4n) is 1.83. The zero-order valence-electron chi connectivity index (χ0n) is 13.1. The summed E-state index contributed by atoms with van der Waals surface area (Å²) >= 11 is 0. The van der Waals surface area contributed by atoms with Gasteiger partial charge in [-0.2, -0.15) is 5.26 Å². The topological polar surface area (TPSA) is 82.4 Å². The van der Waals surface area contributed by atoms with Crippen LogP contribution in [0.25, 0.3) is 0 Å². The first-order valence-corrected chi connectivity index (χ1v) is 7.09. The summed E-state index contributed by atoms with van der Waals surface area (Å²) in [4.78, 5) is 24.7. The second-order valence-corrected chi connectivity index (χ2v) is 5.36. The number of likely N-dealkylation sites (N-methyl/N-ethyl adjacent to an activating group) is 1. The minimum absolute atomic E-state index is 0.156. The van der Waals surface area contributed by atoms with Gasteiger partial charge in [0.25, 0.3) is 5.91 Å². The van der Waals surface area contributed by atoms with E-state index in [9.17, 15) is 9.59 Å². The van der Waals surface area contributed by atoms with E-state index in [-0.39, 0.29) is 5.92 Å². The van der Waals surface area contributed by atoms with Gasteiger partial charge in [0, 0.05) is 13.6 Å². The number of nitrogens with zero attached hydrogens (tertiary/aromatic N) is 2. The minimum atomic E-state index is -0.958. The number of amides is 2. The number of benzene rings is 1. The predicted molar refractivity (Wildman–Crippen MR) is 81.4 cm³/mol. The first kappa shape index (κ1) is 17.5. The van der Waals surface area contributed by atoms with Crippen LogP contribution in [0, 0.1) is 17.4 Å². The summed E-state index contributed by atoms with van der Waals surface area (Å²) < 4.78 is 5.18. The number of carbonyl (C=O) groups excluding carboxylic acids is 2. The first-order valence-electron chi connectivity index (χ1n) is 7.09. The van der Waals surface area contributed by atoms with Crippen molar-refractivity contribution in [1.82, 2.24) is 10.2 Å². The lowest BCUT2D eigenvalue weighted by Crippen LogP contribution is -2.40. The second-order valence-electron chi connectivity index (χ2n) is 5.36. The summed E-state index contributed by atoms with van der Waals surface area (Å²) in [5.74, 6) is -0.367. The van der Waals surface area contributed by atoms with Gasteiger partial charge >= 0.3 is 6.09 Å². The lowest BCUT2D eigenvalue weighted by molar-refractivity contribution is -0.136. The van der Waals surface area contributed by atoms with E-state index in [1.54, 1.807) is 6.19 Å². The monoisotopic (exact) mass is 303 g/mol. The molecule has 22 heavy (non-hydrogen) atoms. The molecule has 1 unspecified atom stereocenters. The number of rotatable bonds is 6. The van der Waals surface area contributed by atoms with Crippen LogP contribution in [0.1, 0.15) is 25.8 Å². The van der Waals surface area contributed by atoms with Gasteiger partial charge in [-0.25, -0.2) is 9.69 Å². The van der Waals surface area contributed by atoms with Crippen molar-refractivity contribution in [1.29, 1.82) is 5.26 Å². The maximum atomic E-state index is 12.0. The van der Waals surface area contributed by atoms with Crippen LogP contribution >= 0.6 is 0 Å². The van der Waals surface area contributed by atoms with Crippen molar-refractivity contribution in [3.8, 4) is 6.19 Å². The number of nitriles is 1. The fraction of sp³-hybridized carbons (Fsp3) is 0.438. The summed E-state index contributed by atoms with van der Waals surface area (Å²) in [5.41, 5.74) is 0.931. The predicted octanol–water partition coefficient (Wildman–Crippen LogP) is 2.27. The molecule has 0 aromatic heterocycles. The smallest absolute Gasteiger partial charge is 0.408 e. The summed E-state index contributed by atoms with van der Waals surface area (Å²) in [6.45, 7) is 4.14. The number of hydrogen-bond donors (Lipinski definition) is 1. The van der Waals surface area contributed by atoms with Crippen LogP contribution in [0.15, 0.2) is 30.3 Å². The van der Waals surface area contributed by atoms with Gasteiger partial charge in [-0.05, 0) is 17.9 Å². The molecule has 0 bridgehead atoms. The molecule has 0 spiro atoms. The molecule has 1 atom stereocenters. The minimum Gasteiger partial charge on any atom is -0.436 e. The van der Waals surface area contributed by atoms with Crippen LogP contribution in [0.3, 0.4) is 0 Å². The lowest BCUT2D eigenvalue weighted by Gasteiger charge is -2.20. The Labute approximate surface area is 130 Å². The van der Waals surface area contributed by atoms with E-state index >= 15 is 0 Å². The van der Waals surface area contributed by atoms with Gasteiger partial charge in [-0.3, -0.25) is 4.79 Å². The van der Waals surface area contributed by atoms with Crippen molar-refractivity contribution >= 4 is 12.0 Å². The van der Waals surface area contributed by atoms with Crippen LogP contribution in [-0.2, 0) is 16.1 Å². The third kappa shape index (κ3) is 5.83. The van der Waals surface area contributed by atoms with E-state index in [1.807, 2.05) is 44.2 Å². The normalized spacial score (nSPS) is 11.4. The molecule has 1 rings (SSSR count). The largest absolute Gasteiger partial charge is 0.436 e. The average molecular weight is 303 g/mol. The highest BCUT2D eigenvalue weighted by Gasteiger charge is 2.27. The Bertz CT molecular complexity index is 537. The van der Waals surface area contributed by atoms with E-state index < -0.39 is 18.1 Å². The number of carbonyl (C=O) groups is 2. The van der Waals surface area contributed by atoms with Gasteiger partial charge in [-0.15, -0.1) is 0 Å². The molecule has 0 heterocycles. The summed E-state index contributed by atoms with van der Waals surface area (Å²) in [6, 6.07) is 9.38. The molecule has 0 aliphatic heterocycles. The third-order valence-electron chi connectivity index (χ3n) is 2.97. The Balaban J connectivity index is 2.59. The molecule has 6 heteroatoms. The van der Waals surface area contributed by atoms with Gasteiger partial charge in [0.2, 0.25) is 0 Å². The van der Waals surface area contributed by atoms with Gasteiger partial charge in [-0.1, -0.05) is 44.2 Å². The lowest BCUT2D eigenvalue weighted by atomic mass is 10.1. The highest BCUT2D eigenvalue weighted by Crippen LogP contribution is 2.11. The van der Waals surface area contributed by atoms with Crippen molar-refractivity contribution in [2.75, 3.05) is 7.05 Å². The quantitative estimate of drug-likeness (QED) is 0.645. The number of ether oxygens (including phenoxy) is 1. The van der Waals surface area contributed by atoms with Crippen LogP contribution < -0.4 is 5.32 Å². The molecular formula is C16H21N3O3. The molecule has 1 N–H and O–H groups in total. The Morgan fingerprint density at radius 3 is 2.50 bits per heavy atom. The van der Waals surface area contributed by atoms with Gasteiger partial charge < -0.3 is 10.1 Å². The zero-order chi connectivity index (χ0) is 16.5. The van der Waals surface area contributed by atoms with Crippen molar-refractivity contribution < 1.29 is 14.3 Å². The highest BCUT2D eigenvalue weighted by atomic mass is 16.6. The van der Waals surface area contributed by atoms with Crippen LogP contribution in [-0.4, -0.2) is 30.1 Å². The van der Waals surface area contributed by atoms with Crippen molar-refractivity contribution in [2.45, 2.75) is 32.9 Å². The maximum absolute atomic E-state index is 12.0. The standard InChI is InChI=1S/C16H21N3O3/c1-12(2)9-14(15(20)19(3)11-17)22-16(21)18-10-13-7-5-4-6-8-13/h4-8,12,14H,9-10H2,1-3H3,(H,18,21). The molecule has 6 nitrogen and oxygen atoms in total. The number of alkyl carbamates (subject to hydrolysis) is 1. The van der Waals surface area contributed by atoms with Crippen LogP contribution in [0.2, 0.25) is 0 Å². The molecule has 0 aliphatic carbocycles. The van der Waals surface area contributed by atoms with Gasteiger partial charge in [0.15, 0.2) is 12.3 Å². The van der Waals surface area contributed by atoms with Crippen molar-refractivity contribution in [2.24, 2.45) is 5.92 Å². The van der Waals surface area contributed by atoms with E-state index in [1.165, 1.54) is 7.05 Å². The Morgan fingerprint density at radius 1 is 1.32 bits per heavy atom. The average Bonchev–Trinajstić information content (AvgIpc) is 2.51. The van der Waals surface area contributed by atoms with Gasteiger partial charge in [0.05, 0.1) is 0 Å². The molecule has 2 amide bonds. The molecule has 0 saturated carbocycles. The third-order valence-corrected chi connectivity index (χ3v) is 2.97. The van der Waals surface area contributed by atoms with Crippen LogP contribution in [0.4, 0.5) is 4.79 Å². The first-order chi connectivity index (χ1) is 10.4. The summed E-state index contributed by atoms with van der Waals surface area (Å²) in [7, 11) is 1.35. The molecule has 1 aromatic rings. The van der Waals surface area contributed by atoms with Crippen molar-refractivity contribution in [3.63, 3.8) is 0 Å². The summed E-state index contributed by atoms with van der Waals surface area (Å²) in [5, 5.41) is 11.4. The Kier molecular flexibility index (Phi) is 6.90. The zero-order valence-corrected chi connectivity index (χ0v) is 13.1. The number of nitrogens with one attached hydrogen (secondary N) is 1. The highest BCUT2D eigenvalue weighted by molar-refractivity contribution is 5.84. The summed E-state index contributed by atoms with van der Waals surface area (Å²) in [6.07, 6.45) is 0.456. The van der Waals surface area contributed by atoms with Crippen molar-refractivity contribution in [3.05, 3.63) is 35.9 Å². The molecule has 1 aromatic carbocycles. The molecule has 0 radical (unpaired) electrons. The van der Waals surface area contributed by atoms with E-state index in [0.717, 1.165) is 10.5 Å².